The number of anilines is 1. The van der Waals surface area contributed by atoms with Gasteiger partial charge in [-0.25, -0.2) is 5.48 Å². The average molecular weight is 605 g/mol. The van der Waals surface area contributed by atoms with Gasteiger partial charge in [0.1, 0.15) is 0 Å². The van der Waals surface area contributed by atoms with E-state index >= 15 is 0 Å². The van der Waals surface area contributed by atoms with Crippen LogP contribution in [0, 0.1) is 0 Å². The Bertz CT molecular complexity index is 1290. The number of ether oxygens (including phenoxy) is 2. The fourth-order valence-corrected chi connectivity index (χ4v) is 5.25. The van der Waals surface area contributed by atoms with Gasteiger partial charge in [0.25, 0.3) is 0 Å². The largest absolute Gasteiger partial charge is 0.392 e. The maximum absolute atomic E-state index is 12.4. The van der Waals surface area contributed by atoms with Gasteiger partial charge in [0.15, 0.2) is 6.29 Å². The van der Waals surface area contributed by atoms with Gasteiger partial charge in [0, 0.05) is 61.9 Å². The molecule has 0 unspecified atom stereocenters. The molecular formula is C34H44N4O6. The molecule has 1 aliphatic rings. The highest BCUT2D eigenvalue weighted by atomic mass is 16.7. The highest BCUT2D eigenvalue weighted by Gasteiger charge is 2.32. The number of nitrogens with zero attached hydrogens (tertiary/aromatic N) is 2. The van der Waals surface area contributed by atoms with Gasteiger partial charge < -0.3 is 24.8 Å². The van der Waals surface area contributed by atoms with E-state index in [2.05, 4.69) is 22.2 Å². The Morgan fingerprint density at radius 1 is 0.909 bits per heavy atom. The molecule has 0 saturated carbocycles. The Kier molecular flexibility index (Phi) is 13.3. The monoisotopic (exact) mass is 604 g/mol. The van der Waals surface area contributed by atoms with Gasteiger partial charge in [-0.3, -0.25) is 19.8 Å². The van der Waals surface area contributed by atoms with Crippen LogP contribution in [0.2, 0.25) is 0 Å². The molecule has 44 heavy (non-hydrogen) atoms. The number of rotatable bonds is 16. The van der Waals surface area contributed by atoms with Gasteiger partial charge in [-0.1, -0.05) is 55.3 Å². The van der Waals surface area contributed by atoms with Crippen LogP contribution < -0.4 is 10.8 Å². The molecule has 3 aromatic rings. The van der Waals surface area contributed by atoms with E-state index in [1.807, 2.05) is 72.9 Å². The number of hydrogen-bond acceptors (Lipinski definition) is 8. The number of nitrogens with one attached hydrogen (secondary N) is 2. The zero-order valence-electron chi connectivity index (χ0n) is 25.4. The zero-order valence-corrected chi connectivity index (χ0v) is 25.4. The zero-order chi connectivity index (χ0) is 31.1. The van der Waals surface area contributed by atoms with Crippen molar-refractivity contribution in [3.05, 3.63) is 95.3 Å². The number of benzene rings is 2. The summed E-state index contributed by atoms with van der Waals surface area (Å²) in [6, 6.07) is 21.4. The number of likely N-dealkylation sites (N-methyl/N-ethyl adjacent to an activating group) is 1. The summed E-state index contributed by atoms with van der Waals surface area (Å²) in [5.74, 6) is -0.446. The number of amides is 2. The molecule has 1 saturated heterocycles. The minimum Gasteiger partial charge on any atom is -0.392 e. The van der Waals surface area contributed by atoms with Crippen LogP contribution in [0.1, 0.15) is 79.7 Å². The van der Waals surface area contributed by atoms with Crippen LogP contribution in [0.25, 0.3) is 0 Å². The number of carbonyl (C=O) groups excluding carboxylic acids is 2. The number of aromatic nitrogens is 1. The summed E-state index contributed by atoms with van der Waals surface area (Å²) in [5, 5.41) is 21.0. The Morgan fingerprint density at radius 3 is 2.27 bits per heavy atom. The first-order valence-electron chi connectivity index (χ1n) is 15.4. The third-order valence-electron chi connectivity index (χ3n) is 7.76. The summed E-state index contributed by atoms with van der Waals surface area (Å²) in [5.41, 5.74) is 6.15. The number of carbonyl (C=O) groups is 2. The molecule has 2 heterocycles. The van der Waals surface area contributed by atoms with Crippen molar-refractivity contribution in [1.82, 2.24) is 15.4 Å². The molecule has 10 heteroatoms. The summed E-state index contributed by atoms with van der Waals surface area (Å²) in [6.07, 6.45) is 6.31. The summed E-state index contributed by atoms with van der Waals surface area (Å²) < 4.78 is 12.9. The van der Waals surface area contributed by atoms with Gasteiger partial charge in [0.2, 0.25) is 11.8 Å². The summed E-state index contributed by atoms with van der Waals surface area (Å²) in [7, 11) is 2.09. The van der Waals surface area contributed by atoms with Crippen LogP contribution in [0.4, 0.5) is 5.69 Å². The van der Waals surface area contributed by atoms with Crippen molar-refractivity contribution in [2.45, 2.75) is 76.5 Å². The smallest absolute Gasteiger partial charge is 0.243 e. The lowest BCUT2D eigenvalue weighted by Gasteiger charge is -2.38. The van der Waals surface area contributed by atoms with Crippen LogP contribution in [-0.2, 0) is 32.1 Å². The first-order valence-corrected chi connectivity index (χ1v) is 15.4. The van der Waals surface area contributed by atoms with Crippen molar-refractivity contribution in [3.8, 4) is 0 Å². The van der Waals surface area contributed by atoms with E-state index < -0.39 is 6.29 Å². The number of hydroxylamine groups is 1. The fourth-order valence-electron chi connectivity index (χ4n) is 5.25. The van der Waals surface area contributed by atoms with Gasteiger partial charge in [-0.2, -0.15) is 0 Å². The topological polar surface area (TPSA) is 133 Å². The third-order valence-corrected chi connectivity index (χ3v) is 7.76. The first kappa shape index (κ1) is 33.2. The number of unbranched alkanes of at least 4 members (excludes halogenated alkanes) is 3. The molecule has 4 rings (SSSR count). The molecule has 0 radical (unpaired) electrons. The Morgan fingerprint density at radius 2 is 1.61 bits per heavy atom. The lowest BCUT2D eigenvalue weighted by molar-refractivity contribution is -0.252. The number of aliphatic hydroxyl groups excluding tert-OH is 1. The Labute approximate surface area is 259 Å². The quantitative estimate of drug-likeness (QED) is 0.101. The predicted molar refractivity (Wildman–Crippen MR) is 167 cm³/mol. The molecular weight excluding hydrogens is 560 g/mol. The van der Waals surface area contributed by atoms with Crippen LogP contribution >= 0.6 is 0 Å². The highest BCUT2D eigenvalue weighted by Crippen LogP contribution is 2.38. The molecule has 2 aromatic carbocycles. The van der Waals surface area contributed by atoms with Crippen LogP contribution in [0.15, 0.2) is 72.9 Å². The second-order valence-corrected chi connectivity index (χ2v) is 11.3. The van der Waals surface area contributed by atoms with Gasteiger partial charge in [0.05, 0.1) is 18.8 Å². The fraction of sp³-hybridized carbons (Fsp3) is 0.441. The van der Waals surface area contributed by atoms with E-state index in [1.165, 1.54) is 0 Å². The molecule has 1 aliphatic heterocycles. The minimum atomic E-state index is -0.571. The molecule has 0 aliphatic carbocycles. The van der Waals surface area contributed by atoms with Crippen LogP contribution in [0.3, 0.4) is 0 Å². The average Bonchev–Trinajstić information content (AvgIpc) is 3.06. The molecule has 3 atom stereocenters. The number of pyridine rings is 1. The molecule has 236 valence electrons. The summed E-state index contributed by atoms with van der Waals surface area (Å²) in [6.45, 7) is 1.59. The maximum Gasteiger partial charge on any atom is 0.243 e. The molecule has 2 amide bonds. The van der Waals surface area contributed by atoms with E-state index in [0.717, 1.165) is 61.2 Å². The standard InChI is InChI=1S/C34H44N4O6/c1-38(21-19-28-8-6-7-20-35-28)23-30-22-31(26-13-11-25(24-39)12-14-26)44-34(43-30)27-15-17-29(18-16-27)36-32(40)9-4-2-3-5-10-33(41)37-42/h6-8,11-18,20,30-31,34,39,42H,2-5,9-10,19,21-24H2,1H3,(H,36,40)(H,37,41)/t30-,31+,34+/m1/s1. The molecule has 1 fully saturated rings. The van der Waals surface area contributed by atoms with E-state index in [-0.39, 0.29) is 37.0 Å². The minimum absolute atomic E-state index is 0.00434. The SMILES string of the molecule is CN(CCc1ccccn1)C[C@H]1C[C@@H](c2ccc(CO)cc2)O[C@@H](c2ccc(NC(=O)CCCCCCC(=O)NO)cc2)O1. The van der Waals surface area contributed by atoms with Gasteiger partial charge in [-0.15, -0.1) is 0 Å². The second kappa shape index (κ2) is 17.6. The molecule has 0 bridgehead atoms. The van der Waals surface area contributed by atoms with Crippen molar-refractivity contribution >= 4 is 17.5 Å². The first-order chi connectivity index (χ1) is 21.4. The molecule has 0 spiro atoms. The van der Waals surface area contributed by atoms with E-state index in [9.17, 15) is 14.7 Å². The second-order valence-electron chi connectivity index (χ2n) is 11.3. The lowest BCUT2D eigenvalue weighted by atomic mass is 9.99. The molecule has 4 N–H and O–H groups in total. The number of aliphatic hydroxyl groups is 1. The van der Waals surface area contributed by atoms with E-state index in [4.69, 9.17) is 14.7 Å². The van der Waals surface area contributed by atoms with Gasteiger partial charge >= 0.3 is 0 Å². The van der Waals surface area contributed by atoms with E-state index in [0.29, 0.717) is 24.9 Å². The third kappa shape index (κ3) is 10.8. The lowest BCUT2D eigenvalue weighted by Crippen LogP contribution is -2.38. The number of hydrogen-bond donors (Lipinski definition) is 4. The Hall–Kier alpha value is -3.67. The van der Waals surface area contributed by atoms with E-state index in [1.54, 1.807) is 5.48 Å². The maximum atomic E-state index is 12.4. The van der Waals surface area contributed by atoms with Gasteiger partial charge in [-0.05, 0) is 55.3 Å². The predicted octanol–water partition coefficient (Wildman–Crippen LogP) is 5.08. The highest BCUT2D eigenvalue weighted by molar-refractivity contribution is 5.90. The molecule has 1 aromatic heterocycles. The van der Waals surface area contributed by atoms with Crippen molar-refractivity contribution in [1.29, 1.82) is 0 Å². The van der Waals surface area contributed by atoms with Crippen molar-refractivity contribution < 1.29 is 29.4 Å². The van der Waals surface area contributed by atoms with Crippen molar-refractivity contribution in [2.24, 2.45) is 0 Å². The van der Waals surface area contributed by atoms with Crippen molar-refractivity contribution in [3.63, 3.8) is 0 Å². The molecule has 10 nitrogen and oxygen atoms in total. The summed E-state index contributed by atoms with van der Waals surface area (Å²) >= 11 is 0. The normalized spacial score (nSPS) is 18.2. The van der Waals surface area contributed by atoms with Crippen LogP contribution in [-0.4, -0.2) is 58.3 Å². The van der Waals surface area contributed by atoms with Crippen LogP contribution in [0.5, 0.6) is 0 Å². The Balaban J connectivity index is 1.33. The summed E-state index contributed by atoms with van der Waals surface area (Å²) in [4.78, 5) is 30.2. The van der Waals surface area contributed by atoms with Crippen molar-refractivity contribution in [2.75, 3.05) is 25.5 Å².